The predicted molar refractivity (Wildman–Crippen MR) is 147 cm³/mol. The average molecular weight is 535 g/mol. The number of rotatable bonds is 9. The third kappa shape index (κ3) is 5.89. The van der Waals surface area contributed by atoms with Crippen LogP contribution in [0.25, 0.3) is 0 Å². The molecule has 0 bridgehead atoms. The molecule has 4 aromatic rings. The number of amides is 1. The van der Waals surface area contributed by atoms with E-state index in [0.717, 1.165) is 42.4 Å². The van der Waals surface area contributed by atoms with E-state index in [-0.39, 0.29) is 5.91 Å². The number of aryl methyl sites for hydroxylation is 1. The van der Waals surface area contributed by atoms with Crippen molar-refractivity contribution in [3.8, 4) is 11.5 Å². The van der Waals surface area contributed by atoms with Gasteiger partial charge in [-0.1, -0.05) is 41.9 Å². The quantitative estimate of drug-likeness (QED) is 0.232. The van der Waals surface area contributed by atoms with Gasteiger partial charge in [-0.15, -0.1) is 11.3 Å². The number of fused-ring (bicyclic) bond motifs is 1. The summed E-state index contributed by atoms with van der Waals surface area (Å²) in [6, 6.07) is 17.1. The Balaban J connectivity index is 1.38. The summed E-state index contributed by atoms with van der Waals surface area (Å²) in [4.78, 5) is 19.2. The zero-order valence-corrected chi connectivity index (χ0v) is 22.0. The molecule has 1 aliphatic carbocycles. The smallest absolute Gasteiger partial charge is 0.255 e. The van der Waals surface area contributed by atoms with Crippen molar-refractivity contribution in [2.75, 3.05) is 7.11 Å². The summed E-state index contributed by atoms with van der Waals surface area (Å²) in [6.07, 6.45) is 7.38. The fraction of sp³-hybridized carbons (Fsp3) is 0.241. The number of methoxy groups -OCH3 is 1. The van der Waals surface area contributed by atoms with E-state index in [1.54, 1.807) is 43.1 Å². The van der Waals surface area contributed by atoms with Gasteiger partial charge in [0.15, 0.2) is 11.5 Å². The molecular formula is C29H27ClN2O4S. The van der Waals surface area contributed by atoms with Crippen molar-refractivity contribution >= 4 is 40.1 Å². The predicted octanol–water partition coefficient (Wildman–Crippen LogP) is 7.14. The molecule has 0 spiro atoms. The third-order valence-electron chi connectivity index (χ3n) is 6.19. The molecule has 5 rings (SSSR count). The maximum atomic E-state index is 13.2. The van der Waals surface area contributed by atoms with Crippen LogP contribution in [0.5, 0.6) is 11.5 Å². The number of ether oxygens (including phenoxy) is 2. The van der Waals surface area contributed by atoms with E-state index in [4.69, 9.17) is 30.5 Å². The highest BCUT2D eigenvalue weighted by atomic mass is 35.5. The zero-order valence-electron chi connectivity index (χ0n) is 20.5. The Morgan fingerprint density at radius 1 is 1.16 bits per heavy atom. The summed E-state index contributed by atoms with van der Waals surface area (Å²) < 4.78 is 16.9. The van der Waals surface area contributed by atoms with Gasteiger partial charge in [0.1, 0.15) is 17.4 Å². The minimum Gasteiger partial charge on any atom is -0.493 e. The fourth-order valence-electron chi connectivity index (χ4n) is 4.36. The molecule has 2 aromatic carbocycles. The van der Waals surface area contributed by atoms with Gasteiger partial charge >= 0.3 is 0 Å². The van der Waals surface area contributed by atoms with Crippen LogP contribution in [0.4, 0.5) is 5.00 Å². The van der Waals surface area contributed by atoms with Crippen LogP contribution in [0.1, 0.15) is 50.5 Å². The van der Waals surface area contributed by atoms with E-state index >= 15 is 0 Å². The number of furan rings is 1. The number of halogens is 1. The molecule has 190 valence electrons. The highest BCUT2D eigenvalue weighted by Gasteiger charge is 2.25. The molecule has 0 fully saturated rings. The Kier molecular flexibility index (Phi) is 7.92. The van der Waals surface area contributed by atoms with Gasteiger partial charge in [-0.2, -0.15) is 0 Å². The lowest BCUT2D eigenvalue weighted by Gasteiger charge is -2.13. The van der Waals surface area contributed by atoms with Crippen molar-refractivity contribution in [3.63, 3.8) is 0 Å². The van der Waals surface area contributed by atoms with Crippen molar-refractivity contribution in [2.24, 2.45) is 4.99 Å². The monoisotopic (exact) mass is 534 g/mol. The van der Waals surface area contributed by atoms with E-state index in [1.807, 2.05) is 42.5 Å². The Hall–Kier alpha value is -3.55. The van der Waals surface area contributed by atoms with E-state index in [2.05, 4.69) is 5.32 Å². The van der Waals surface area contributed by atoms with Gasteiger partial charge in [-0.25, -0.2) is 4.99 Å². The van der Waals surface area contributed by atoms with Gasteiger partial charge in [-0.3, -0.25) is 4.79 Å². The normalized spacial score (nSPS) is 12.9. The molecule has 0 saturated carbocycles. The van der Waals surface area contributed by atoms with Gasteiger partial charge in [0.25, 0.3) is 5.91 Å². The summed E-state index contributed by atoms with van der Waals surface area (Å²) in [5.41, 5.74) is 3.55. The molecule has 1 amide bonds. The summed E-state index contributed by atoms with van der Waals surface area (Å²) in [7, 11) is 1.58. The molecule has 0 unspecified atom stereocenters. The number of carbonyl (C=O) groups excluding carboxylic acids is 1. The van der Waals surface area contributed by atoms with E-state index < -0.39 is 0 Å². The molecule has 1 aliphatic rings. The lowest BCUT2D eigenvalue weighted by Crippen LogP contribution is -2.23. The van der Waals surface area contributed by atoms with Crippen molar-refractivity contribution in [2.45, 2.75) is 38.8 Å². The summed E-state index contributed by atoms with van der Waals surface area (Å²) in [5, 5.41) is 4.11. The van der Waals surface area contributed by atoms with Crippen LogP contribution < -0.4 is 14.8 Å². The van der Waals surface area contributed by atoms with Crippen LogP contribution in [0.15, 0.2) is 70.3 Å². The Morgan fingerprint density at radius 3 is 2.78 bits per heavy atom. The van der Waals surface area contributed by atoms with Crippen molar-refractivity contribution in [3.05, 3.63) is 98.8 Å². The van der Waals surface area contributed by atoms with Gasteiger partial charge in [0.05, 0.1) is 30.5 Å². The van der Waals surface area contributed by atoms with Gasteiger partial charge in [-0.05, 0) is 66.6 Å². The van der Waals surface area contributed by atoms with Crippen LogP contribution in [-0.4, -0.2) is 19.2 Å². The Labute approximate surface area is 224 Å². The van der Waals surface area contributed by atoms with Gasteiger partial charge in [0.2, 0.25) is 0 Å². The van der Waals surface area contributed by atoms with E-state index in [0.29, 0.717) is 46.0 Å². The summed E-state index contributed by atoms with van der Waals surface area (Å²) in [6.45, 7) is 0.707. The molecule has 6 nitrogen and oxygen atoms in total. The van der Waals surface area contributed by atoms with Gasteiger partial charge in [0, 0.05) is 11.1 Å². The maximum Gasteiger partial charge on any atom is 0.255 e. The number of hydrogen-bond acceptors (Lipinski definition) is 6. The minimum atomic E-state index is -0.136. The highest BCUT2D eigenvalue weighted by Crippen LogP contribution is 2.41. The molecule has 0 atom stereocenters. The Morgan fingerprint density at radius 2 is 2.00 bits per heavy atom. The number of carbonyl (C=O) groups is 1. The molecule has 0 saturated heterocycles. The van der Waals surface area contributed by atoms with Gasteiger partial charge < -0.3 is 19.2 Å². The fourth-order valence-corrected chi connectivity index (χ4v) is 5.87. The first kappa shape index (κ1) is 25.1. The molecule has 0 radical (unpaired) electrons. The van der Waals surface area contributed by atoms with Crippen molar-refractivity contribution in [1.82, 2.24) is 5.32 Å². The molecule has 2 aromatic heterocycles. The first-order valence-electron chi connectivity index (χ1n) is 12.2. The number of aliphatic imine (C=N–C) groups is 1. The number of thiophene rings is 1. The van der Waals surface area contributed by atoms with E-state index in [1.165, 1.54) is 4.88 Å². The van der Waals surface area contributed by atoms with Crippen molar-refractivity contribution < 1.29 is 18.7 Å². The van der Waals surface area contributed by atoms with Crippen LogP contribution in [0.2, 0.25) is 5.02 Å². The largest absolute Gasteiger partial charge is 0.493 e. The summed E-state index contributed by atoms with van der Waals surface area (Å²) >= 11 is 8.16. The second-order valence-corrected chi connectivity index (χ2v) is 10.2. The number of benzene rings is 2. The molecular weight excluding hydrogens is 508 g/mol. The Bertz CT molecular complexity index is 1400. The molecule has 37 heavy (non-hydrogen) atoms. The van der Waals surface area contributed by atoms with Crippen LogP contribution >= 0.6 is 22.9 Å². The maximum absolute atomic E-state index is 13.2. The van der Waals surface area contributed by atoms with Crippen LogP contribution in [0.3, 0.4) is 0 Å². The lowest BCUT2D eigenvalue weighted by atomic mass is 9.95. The number of nitrogens with one attached hydrogen (secondary N) is 1. The second-order valence-electron chi connectivity index (χ2n) is 8.72. The molecule has 0 aliphatic heterocycles. The van der Waals surface area contributed by atoms with Crippen molar-refractivity contribution in [1.29, 1.82) is 0 Å². The average Bonchev–Trinajstić information content (AvgIpc) is 3.58. The molecule has 2 heterocycles. The molecule has 8 heteroatoms. The molecule has 1 N–H and O–H groups in total. The first-order valence-corrected chi connectivity index (χ1v) is 13.3. The summed E-state index contributed by atoms with van der Waals surface area (Å²) in [5.74, 6) is 1.57. The lowest BCUT2D eigenvalue weighted by molar-refractivity contribution is 0.0948. The number of nitrogens with zero attached hydrogens (tertiary/aromatic N) is 1. The second kappa shape index (κ2) is 11.7. The number of hydrogen-bond donors (Lipinski definition) is 1. The van der Waals surface area contributed by atoms with Crippen LogP contribution in [-0.2, 0) is 26.0 Å². The SMILES string of the molecule is COc1cc(C=Nc2sc3c(c2C(=O)NCc2ccco2)CCCC3)cc(Cl)c1OCc1ccccc1. The minimum absolute atomic E-state index is 0.136. The van der Waals surface area contributed by atoms with Crippen LogP contribution in [0, 0.1) is 0 Å². The third-order valence-corrected chi connectivity index (χ3v) is 7.67. The zero-order chi connectivity index (χ0) is 25.6. The van der Waals surface area contributed by atoms with E-state index in [9.17, 15) is 4.79 Å². The highest BCUT2D eigenvalue weighted by molar-refractivity contribution is 7.16. The standard InChI is InChI=1S/C29H27ClN2O4S/c1-34-24-15-20(14-23(30)27(24)36-18-19-8-3-2-4-9-19)16-32-29-26(22-11-5-6-12-25(22)37-29)28(33)31-17-21-10-7-13-35-21/h2-4,7-10,13-16H,5-6,11-12,17-18H2,1H3,(H,31,33). The first-order chi connectivity index (χ1) is 18.1. The topological polar surface area (TPSA) is 73.1 Å².